The first kappa shape index (κ1) is 11.5. The topological polar surface area (TPSA) is 50.4 Å². The number of aryl methyl sites for hydroxylation is 1. The first-order chi connectivity index (χ1) is 8.81. The van der Waals surface area contributed by atoms with E-state index in [1.54, 1.807) is 0 Å². The molecule has 4 heteroatoms. The van der Waals surface area contributed by atoms with Crippen LogP contribution in [0.25, 0.3) is 0 Å². The summed E-state index contributed by atoms with van der Waals surface area (Å²) in [4.78, 5) is 11.3. The van der Waals surface area contributed by atoms with Gasteiger partial charge in [0, 0.05) is 18.2 Å². The van der Waals surface area contributed by atoms with Crippen LogP contribution in [-0.2, 0) is 11.2 Å². The summed E-state index contributed by atoms with van der Waals surface area (Å²) in [5, 5.41) is 6.29. The molecule has 1 saturated heterocycles. The van der Waals surface area contributed by atoms with Gasteiger partial charge >= 0.3 is 0 Å². The maximum atomic E-state index is 11.3. The second-order valence-electron chi connectivity index (χ2n) is 4.97. The summed E-state index contributed by atoms with van der Waals surface area (Å²) in [6, 6.07) is 6.40. The summed E-state index contributed by atoms with van der Waals surface area (Å²) in [7, 11) is 0. The summed E-state index contributed by atoms with van der Waals surface area (Å²) in [5.41, 5.74) is 2.10. The molecule has 0 aliphatic carbocycles. The minimum Gasteiger partial charge on any atom is -0.492 e. The van der Waals surface area contributed by atoms with Crippen molar-refractivity contribution in [1.82, 2.24) is 5.32 Å². The molecule has 2 aliphatic rings. The molecule has 1 aromatic carbocycles. The Hall–Kier alpha value is -1.55. The van der Waals surface area contributed by atoms with Gasteiger partial charge in [0.25, 0.3) is 0 Å². The van der Waals surface area contributed by atoms with E-state index in [0.717, 1.165) is 31.0 Å². The first-order valence-electron chi connectivity index (χ1n) is 6.60. The number of hydrogen-bond donors (Lipinski definition) is 2. The van der Waals surface area contributed by atoms with Crippen molar-refractivity contribution in [2.24, 2.45) is 0 Å². The predicted octanol–water partition coefficient (Wildman–Crippen LogP) is 1.70. The van der Waals surface area contributed by atoms with Crippen molar-refractivity contribution in [3.8, 4) is 5.75 Å². The van der Waals surface area contributed by atoms with Gasteiger partial charge in [-0.05, 0) is 49.6 Å². The summed E-state index contributed by atoms with van der Waals surface area (Å²) in [5.74, 6) is 1.00. The zero-order chi connectivity index (χ0) is 12.4. The standard InChI is InChI=1S/C14H18N2O2/c17-14-6-3-10-8-12(4-5-13(10)16-14)18-9-11-2-1-7-15-11/h4-5,8,11,15H,1-3,6-7,9H2,(H,16,17)/t11-/m1/s1. The Morgan fingerprint density at radius 1 is 1.33 bits per heavy atom. The van der Waals surface area contributed by atoms with E-state index in [-0.39, 0.29) is 5.91 Å². The molecule has 1 aromatic rings. The fraction of sp³-hybridized carbons (Fsp3) is 0.500. The quantitative estimate of drug-likeness (QED) is 0.853. The van der Waals surface area contributed by atoms with E-state index in [1.165, 1.54) is 18.4 Å². The third-order valence-electron chi connectivity index (χ3n) is 3.59. The Balaban J connectivity index is 1.64. The summed E-state index contributed by atoms with van der Waals surface area (Å²) in [6.07, 6.45) is 3.81. The predicted molar refractivity (Wildman–Crippen MR) is 69.9 cm³/mol. The van der Waals surface area contributed by atoms with Crippen molar-refractivity contribution in [3.05, 3.63) is 23.8 Å². The van der Waals surface area contributed by atoms with Crippen LogP contribution in [-0.4, -0.2) is 25.1 Å². The molecule has 0 saturated carbocycles. The van der Waals surface area contributed by atoms with Crippen LogP contribution >= 0.6 is 0 Å². The lowest BCUT2D eigenvalue weighted by molar-refractivity contribution is -0.116. The van der Waals surface area contributed by atoms with Crippen molar-refractivity contribution in [2.75, 3.05) is 18.5 Å². The number of benzene rings is 1. The smallest absolute Gasteiger partial charge is 0.224 e. The van der Waals surface area contributed by atoms with Gasteiger partial charge in [0.1, 0.15) is 12.4 Å². The van der Waals surface area contributed by atoms with E-state index in [9.17, 15) is 4.79 Å². The molecule has 0 spiro atoms. The fourth-order valence-corrected chi connectivity index (χ4v) is 2.55. The van der Waals surface area contributed by atoms with E-state index in [4.69, 9.17) is 4.74 Å². The van der Waals surface area contributed by atoms with Crippen LogP contribution in [0.4, 0.5) is 5.69 Å². The number of amides is 1. The first-order valence-corrected chi connectivity index (χ1v) is 6.60. The average Bonchev–Trinajstić information content (AvgIpc) is 2.89. The van der Waals surface area contributed by atoms with Crippen molar-refractivity contribution in [1.29, 1.82) is 0 Å². The Morgan fingerprint density at radius 2 is 2.28 bits per heavy atom. The molecule has 1 atom stereocenters. The Bertz CT molecular complexity index is 453. The van der Waals surface area contributed by atoms with Crippen LogP contribution in [0.15, 0.2) is 18.2 Å². The van der Waals surface area contributed by atoms with Crippen LogP contribution < -0.4 is 15.4 Å². The highest BCUT2D eigenvalue weighted by atomic mass is 16.5. The third kappa shape index (κ3) is 2.48. The highest BCUT2D eigenvalue weighted by Crippen LogP contribution is 2.27. The molecule has 3 rings (SSSR count). The van der Waals surface area contributed by atoms with Gasteiger partial charge in [0.2, 0.25) is 5.91 Å². The number of nitrogens with one attached hydrogen (secondary N) is 2. The Labute approximate surface area is 107 Å². The molecule has 4 nitrogen and oxygen atoms in total. The third-order valence-corrected chi connectivity index (χ3v) is 3.59. The van der Waals surface area contributed by atoms with Crippen LogP contribution in [0, 0.1) is 0 Å². The highest BCUT2D eigenvalue weighted by molar-refractivity contribution is 5.93. The number of hydrogen-bond acceptors (Lipinski definition) is 3. The van der Waals surface area contributed by atoms with Crippen molar-refractivity contribution in [3.63, 3.8) is 0 Å². The lowest BCUT2D eigenvalue weighted by Gasteiger charge is -2.18. The van der Waals surface area contributed by atoms with Crippen LogP contribution in [0.2, 0.25) is 0 Å². The molecular formula is C14H18N2O2. The van der Waals surface area contributed by atoms with E-state index in [0.29, 0.717) is 12.5 Å². The molecule has 0 unspecified atom stereocenters. The summed E-state index contributed by atoms with van der Waals surface area (Å²) >= 11 is 0. The van der Waals surface area contributed by atoms with E-state index < -0.39 is 0 Å². The molecular weight excluding hydrogens is 228 g/mol. The molecule has 18 heavy (non-hydrogen) atoms. The fourth-order valence-electron chi connectivity index (χ4n) is 2.55. The molecule has 2 heterocycles. The van der Waals surface area contributed by atoms with Gasteiger partial charge < -0.3 is 15.4 Å². The van der Waals surface area contributed by atoms with E-state index in [1.807, 2.05) is 18.2 Å². The van der Waals surface area contributed by atoms with E-state index >= 15 is 0 Å². The number of ether oxygens (including phenoxy) is 1. The summed E-state index contributed by atoms with van der Waals surface area (Å²) < 4.78 is 5.81. The maximum Gasteiger partial charge on any atom is 0.224 e. The zero-order valence-corrected chi connectivity index (χ0v) is 10.4. The minimum atomic E-state index is 0.103. The van der Waals surface area contributed by atoms with Crippen molar-refractivity contribution >= 4 is 11.6 Å². The number of fused-ring (bicyclic) bond motifs is 1. The van der Waals surface area contributed by atoms with Crippen LogP contribution in [0.5, 0.6) is 5.75 Å². The highest BCUT2D eigenvalue weighted by Gasteiger charge is 2.17. The van der Waals surface area contributed by atoms with Crippen LogP contribution in [0.3, 0.4) is 0 Å². The molecule has 1 amide bonds. The SMILES string of the molecule is O=C1CCc2cc(OC[C@H]3CCCN3)ccc2N1. The molecule has 96 valence electrons. The zero-order valence-electron chi connectivity index (χ0n) is 10.4. The molecule has 0 aromatic heterocycles. The Kier molecular flexibility index (Phi) is 3.19. The second-order valence-corrected chi connectivity index (χ2v) is 4.97. The lowest BCUT2D eigenvalue weighted by atomic mass is 10.0. The molecule has 1 fully saturated rings. The number of anilines is 1. The molecule has 2 N–H and O–H groups in total. The molecule has 0 radical (unpaired) electrons. The Morgan fingerprint density at radius 3 is 3.11 bits per heavy atom. The van der Waals surface area contributed by atoms with Gasteiger partial charge in [0.05, 0.1) is 0 Å². The molecule has 0 bridgehead atoms. The lowest BCUT2D eigenvalue weighted by Crippen LogP contribution is -2.28. The van der Waals surface area contributed by atoms with Gasteiger partial charge in [-0.25, -0.2) is 0 Å². The van der Waals surface area contributed by atoms with Gasteiger partial charge in [-0.3, -0.25) is 4.79 Å². The van der Waals surface area contributed by atoms with Gasteiger partial charge in [-0.2, -0.15) is 0 Å². The van der Waals surface area contributed by atoms with Crippen LogP contribution in [0.1, 0.15) is 24.8 Å². The minimum absolute atomic E-state index is 0.103. The number of carbonyl (C=O) groups excluding carboxylic acids is 1. The second kappa shape index (κ2) is 4.98. The summed E-state index contributed by atoms with van der Waals surface area (Å²) in [6.45, 7) is 1.83. The van der Waals surface area contributed by atoms with Crippen molar-refractivity contribution in [2.45, 2.75) is 31.7 Å². The van der Waals surface area contributed by atoms with Gasteiger partial charge in [-0.1, -0.05) is 0 Å². The maximum absolute atomic E-state index is 11.3. The number of rotatable bonds is 3. The molecule has 2 aliphatic heterocycles. The van der Waals surface area contributed by atoms with Gasteiger partial charge in [-0.15, -0.1) is 0 Å². The largest absolute Gasteiger partial charge is 0.492 e. The van der Waals surface area contributed by atoms with Crippen molar-refractivity contribution < 1.29 is 9.53 Å². The normalized spacial score (nSPS) is 22.4. The van der Waals surface area contributed by atoms with Gasteiger partial charge in [0.15, 0.2) is 0 Å². The average molecular weight is 246 g/mol. The monoisotopic (exact) mass is 246 g/mol. The van der Waals surface area contributed by atoms with E-state index in [2.05, 4.69) is 10.6 Å². The number of carbonyl (C=O) groups is 1.